The van der Waals surface area contributed by atoms with Crippen LogP contribution in [0, 0.1) is 5.82 Å². The maximum Gasteiger partial charge on any atom is 0.292 e. The van der Waals surface area contributed by atoms with E-state index in [0.717, 1.165) is 35.7 Å². The average Bonchev–Trinajstić information content (AvgIpc) is 2.99. The van der Waals surface area contributed by atoms with Crippen LogP contribution in [0.3, 0.4) is 0 Å². The Morgan fingerprint density at radius 2 is 1.74 bits per heavy atom. The number of nitrogens with one attached hydrogen (secondary N) is 1. The molecule has 2 aliphatic rings. The number of carbonyl (C=O) groups excluding carboxylic acids is 2. The van der Waals surface area contributed by atoms with Gasteiger partial charge in [-0.2, -0.15) is 0 Å². The molecule has 2 saturated heterocycles. The van der Waals surface area contributed by atoms with E-state index in [1.165, 1.54) is 23.8 Å². The maximum atomic E-state index is 13.4. The number of anilines is 1. The molecule has 6 heteroatoms. The van der Waals surface area contributed by atoms with Gasteiger partial charge >= 0.3 is 0 Å². The first-order valence-electron chi connectivity index (χ1n) is 9.26. The van der Waals surface area contributed by atoms with Gasteiger partial charge in [0.05, 0.1) is 30.2 Å². The Morgan fingerprint density at radius 3 is 2.41 bits per heavy atom. The van der Waals surface area contributed by atoms with Gasteiger partial charge in [0.15, 0.2) is 6.04 Å². The molecule has 2 aromatic carbocycles. The molecular formula is C21H21ClFN2O2+. The highest BCUT2D eigenvalue weighted by molar-refractivity contribution is 6.31. The van der Waals surface area contributed by atoms with Gasteiger partial charge in [-0.25, -0.2) is 9.29 Å². The molecule has 1 atom stereocenters. The number of halogens is 2. The Morgan fingerprint density at radius 1 is 1.04 bits per heavy atom. The number of hydrogen-bond donors (Lipinski definition) is 1. The third-order valence-electron chi connectivity index (χ3n) is 5.70. The third kappa shape index (κ3) is 3.49. The van der Waals surface area contributed by atoms with E-state index in [2.05, 4.69) is 24.3 Å². The van der Waals surface area contributed by atoms with Crippen LogP contribution in [0.25, 0.3) is 0 Å². The van der Waals surface area contributed by atoms with Gasteiger partial charge in [-0.05, 0) is 29.7 Å². The lowest BCUT2D eigenvalue weighted by Gasteiger charge is -2.32. The molecule has 0 bridgehead atoms. The van der Waals surface area contributed by atoms with Crippen LogP contribution in [0.2, 0.25) is 5.02 Å². The van der Waals surface area contributed by atoms with Crippen LogP contribution in [0.5, 0.6) is 0 Å². The number of quaternary nitrogens is 1. The minimum atomic E-state index is -0.565. The van der Waals surface area contributed by atoms with E-state index < -0.39 is 5.82 Å². The zero-order valence-electron chi connectivity index (χ0n) is 14.8. The van der Waals surface area contributed by atoms with Crippen LogP contribution in [0.1, 0.15) is 30.7 Å². The molecule has 2 fully saturated rings. The SMILES string of the molecule is O=C1C[C@H]([NH+]2CCC(c3ccccc3)CC2)C(=O)N1c1ccc(F)c(Cl)c1. The van der Waals surface area contributed by atoms with E-state index in [4.69, 9.17) is 11.6 Å². The van der Waals surface area contributed by atoms with E-state index in [1.807, 2.05) is 6.07 Å². The number of amides is 2. The minimum Gasteiger partial charge on any atom is -0.324 e. The molecule has 4 nitrogen and oxygen atoms in total. The summed E-state index contributed by atoms with van der Waals surface area (Å²) in [5, 5.41) is -0.0902. The number of carbonyl (C=O) groups is 2. The van der Waals surface area contributed by atoms with Gasteiger partial charge < -0.3 is 4.90 Å². The summed E-state index contributed by atoms with van der Waals surface area (Å²) in [6.45, 7) is 1.72. The van der Waals surface area contributed by atoms with Crippen molar-refractivity contribution < 1.29 is 18.9 Å². The van der Waals surface area contributed by atoms with Crippen LogP contribution in [-0.2, 0) is 9.59 Å². The van der Waals surface area contributed by atoms with Crippen molar-refractivity contribution in [3.63, 3.8) is 0 Å². The number of benzene rings is 2. The molecule has 2 aromatic rings. The van der Waals surface area contributed by atoms with Crippen molar-refractivity contribution in [1.82, 2.24) is 0 Å². The number of piperidine rings is 1. The van der Waals surface area contributed by atoms with Crippen LogP contribution < -0.4 is 9.80 Å². The Labute approximate surface area is 162 Å². The van der Waals surface area contributed by atoms with Crippen molar-refractivity contribution in [3.8, 4) is 0 Å². The molecule has 0 unspecified atom stereocenters. The molecule has 0 radical (unpaired) electrons. The zero-order valence-corrected chi connectivity index (χ0v) is 15.6. The van der Waals surface area contributed by atoms with Crippen LogP contribution in [-0.4, -0.2) is 30.9 Å². The molecule has 0 aromatic heterocycles. The van der Waals surface area contributed by atoms with Gasteiger partial charge in [0.25, 0.3) is 5.91 Å². The number of hydrogen-bond acceptors (Lipinski definition) is 2. The van der Waals surface area contributed by atoms with Crippen molar-refractivity contribution in [2.24, 2.45) is 0 Å². The first-order chi connectivity index (χ1) is 13.0. The van der Waals surface area contributed by atoms with E-state index in [9.17, 15) is 14.0 Å². The lowest BCUT2D eigenvalue weighted by atomic mass is 9.89. The summed E-state index contributed by atoms with van der Waals surface area (Å²) in [5.74, 6) is -0.514. The quantitative estimate of drug-likeness (QED) is 0.822. The summed E-state index contributed by atoms with van der Waals surface area (Å²) in [7, 11) is 0. The summed E-state index contributed by atoms with van der Waals surface area (Å²) in [4.78, 5) is 27.7. The van der Waals surface area contributed by atoms with Gasteiger partial charge in [0.2, 0.25) is 5.91 Å². The number of nitrogens with zero attached hydrogens (tertiary/aromatic N) is 1. The number of rotatable bonds is 3. The predicted molar refractivity (Wildman–Crippen MR) is 101 cm³/mol. The molecule has 0 aliphatic carbocycles. The molecule has 2 aliphatic heterocycles. The number of likely N-dealkylation sites (tertiary alicyclic amines) is 1. The van der Waals surface area contributed by atoms with Crippen LogP contribution >= 0.6 is 11.6 Å². The maximum absolute atomic E-state index is 13.4. The van der Waals surface area contributed by atoms with Gasteiger partial charge in [-0.1, -0.05) is 41.9 Å². The lowest BCUT2D eigenvalue weighted by molar-refractivity contribution is -0.920. The molecule has 4 rings (SSSR count). The second-order valence-electron chi connectivity index (χ2n) is 7.27. The molecule has 0 spiro atoms. The van der Waals surface area contributed by atoms with Crippen molar-refractivity contribution in [3.05, 3.63) is 64.9 Å². The molecule has 2 heterocycles. The van der Waals surface area contributed by atoms with Crippen molar-refractivity contribution >= 4 is 29.1 Å². The van der Waals surface area contributed by atoms with Gasteiger partial charge in [0, 0.05) is 12.8 Å². The molecule has 2 amide bonds. The first kappa shape index (κ1) is 18.1. The minimum absolute atomic E-state index is 0.0902. The fourth-order valence-corrected chi connectivity index (χ4v) is 4.42. The van der Waals surface area contributed by atoms with E-state index in [1.54, 1.807) is 0 Å². The smallest absolute Gasteiger partial charge is 0.292 e. The largest absolute Gasteiger partial charge is 0.324 e. The molecule has 140 valence electrons. The Bertz CT molecular complexity index is 866. The molecular weight excluding hydrogens is 367 g/mol. The third-order valence-corrected chi connectivity index (χ3v) is 5.99. The Kier molecular flexibility index (Phi) is 4.98. The fraction of sp³-hybridized carbons (Fsp3) is 0.333. The Balaban J connectivity index is 1.45. The van der Waals surface area contributed by atoms with Crippen LogP contribution in [0.15, 0.2) is 48.5 Å². The second kappa shape index (κ2) is 7.41. The molecule has 0 saturated carbocycles. The predicted octanol–water partition coefficient (Wildman–Crippen LogP) is 2.57. The van der Waals surface area contributed by atoms with E-state index >= 15 is 0 Å². The zero-order chi connectivity index (χ0) is 19.0. The number of imide groups is 1. The Hall–Kier alpha value is -2.24. The highest BCUT2D eigenvalue weighted by Crippen LogP contribution is 2.28. The second-order valence-corrected chi connectivity index (χ2v) is 7.67. The molecule has 27 heavy (non-hydrogen) atoms. The summed E-state index contributed by atoms with van der Waals surface area (Å²) in [6.07, 6.45) is 2.19. The normalized spacial score (nSPS) is 25.9. The summed E-state index contributed by atoms with van der Waals surface area (Å²) >= 11 is 5.82. The van der Waals surface area contributed by atoms with E-state index in [0.29, 0.717) is 11.6 Å². The topological polar surface area (TPSA) is 41.8 Å². The van der Waals surface area contributed by atoms with Gasteiger partial charge in [0.1, 0.15) is 5.82 Å². The molecule has 1 N–H and O–H groups in total. The van der Waals surface area contributed by atoms with Gasteiger partial charge in [-0.3, -0.25) is 9.59 Å². The average molecular weight is 388 g/mol. The van der Waals surface area contributed by atoms with Crippen molar-refractivity contribution in [2.75, 3.05) is 18.0 Å². The summed E-state index contributed by atoms with van der Waals surface area (Å²) in [6, 6.07) is 14.0. The summed E-state index contributed by atoms with van der Waals surface area (Å²) < 4.78 is 13.4. The fourth-order valence-electron chi connectivity index (χ4n) is 4.24. The van der Waals surface area contributed by atoms with Crippen molar-refractivity contribution in [1.29, 1.82) is 0 Å². The lowest BCUT2D eigenvalue weighted by Crippen LogP contribution is -3.17. The highest BCUT2D eigenvalue weighted by atomic mass is 35.5. The van der Waals surface area contributed by atoms with Crippen molar-refractivity contribution in [2.45, 2.75) is 31.2 Å². The standard InChI is InChI=1S/C21H20ClFN2O2/c22-17-12-16(6-7-18(17)23)25-20(26)13-19(21(25)27)24-10-8-15(9-11-24)14-4-2-1-3-5-14/h1-7,12,15,19H,8-11,13H2/p+1/t19-/m0/s1. The first-order valence-corrected chi connectivity index (χ1v) is 9.64. The van der Waals surface area contributed by atoms with E-state index in [-0.39, 0.29) is 29.3 Å². The monoisotopic (exact) mass is 387 g/mol. The highest BCUT2D eigenvalue weighted by Gasteiger charge is 2.46. The summed E-state index contributed by atoms with van der Waals surface area (Å²) in [5.41, 5.74) is 1.69. The van der Waals surface area contributed by atoms with Crippen LogP contribution in [0.4, 0.5) is 10.1 Å². The van der Waals surface area contributed by atoms with Gasteiger partial charge in [-0.15, -0.1) is 0 Å².